The number of hydrogen-bond acceptors (Lipinski definition) is 10. The fourth-order valence-corrected chi connectivity index (χ4v) is 8.10. The minimum atomic E-state index is -4.45. The number of esters is 1. The molecule has 0 aromatic carbocycles. The zero-order valence-corrected chi connectivity index (χ0v) is 41.7. The second-order valence-electron chi connectivity index (χ2n) is 17.4. The van der Waals surface area contributed by atoms with Crippen molar-refractivity contribution in [2.24, 2.45) is 5.73 Å². The molecule has 14 heteroatoms. The smallest absolute Gasteiger partial charge is 0.472 e. The van der Waals surface area contributed by atoms with E-state index in [-0.39, 0.29) is 31.8 Å². The summed E-state index contributed by atoms with van der Waals surface area (Å²) in [5.41, 5.74) is 6.28. The molecule has 5 atom stereocenters. The molecular weight excluding hydrogens is 840 g/mol. The third-order valence-electron chi connectivity index (χ3n) is 10.1. The summed E-state index contributed by atoms with van der Waals surface area (Å²) in [5.74, 6) is -1.62. The van der Waals surface area contributed by atoms with E-state index in [0.717, 1.165) is 32.1 Å². The van der Waals surface area contributed by atoms with Crippen molar-refractivity contribution in [3.05, 3.63) is 60.9 Å². The summed E-state index contributed by atoms with van der Waals surface area (Å²) in [7, 11) is 1.33. The SMILES string of the molecule is CCCCC/C=C\C\C=C/C=C/C=C/[C@@H](SC[C@H](N)C(=O)O[C@H](CO/C=C/CCCCCCCCCCCCCCCC)COP(=O)(O)OCC[N+](C)(C)C)[C@@H](O)CCCC(=O)O. The van der Waals surface area contributed by atoms with Crippen molar-refractivity contribution < 1.29 is 52.3 Å². The Morgan fingerprint density at radius 2 is 1.30 bits per heavy atom. The molecule has 0 rings (SSSR count). The third-order valence-corrected chi connectivity index (χ3v) is 12.5. The number of phosphoric ester groups is 1. The lowest BCUT2D eigenvalue weighted by atomic mass is 10.0. The van der Waals surface area contributed by atoms with Gasteiger partial charge in [-0.05, 0) is 51.0 Å². The van der Waals surface area contributed by atoms with Crippen molar-refractivity contribution in [2.75, 3.05) is 53.3 Å². The van der Waals surface area contributed by atoms with Gasteiger partial charge in [-0.3, -0.25) is 18.6 Å². The van der Waals surface area contributed by atoms with Crippen molar-refractivity contribution >= 4 is 31.5 Å². The molecule has 0 saturated heterocycles. The number of aliphatic carboxylic acids is 1. The molecule has 5 N–H and O–H groups in total. The number of carboxylic acids is 1. The number of hydrogen-bond donors (Lipinski definition) is 4. The maximum absolute atomic E-state index is 13.2. The van der Waals surface area contributed by atoms with Gasteiger partial charge in [0.1, 0.15) is 25.8 Å². The molecule has 0 spiro atoms. The number of rotatable bonds is 44. The summed E-state index contributed by atoms with van der Waals surface area (Å²) in [5, 5.41) is 19.6. The maximum atomic E-state index is 13.2. The van der Waals surface area contributed by atoms with Gasteiger partial charge in [-0.25, -0.2) is 4.57 Å². The minimum absolute atomic E-state index is 0.0105. The molecule has 12 nitrogen and oxygen atoms in total. The van der Waals surface area contributed by atoms with E-state index in [9.17, 15) is 24.2 Å². The predicted octanol–water partition coefficient (Wildman–Crippen LogP) is 11.4. The molecule has 0 aromatic rings. The molecule has 0 fully saturated rings. The summed E-state index contributed by atoms with van der Waals surface area (Å²) in [6.45, 7) is 4.32. The molecule has 0 heterocycles. The highest BCUT2D eigenvalue weighted by Gasteiger charge is 2.28. The van der Waals surface area contributed by atoms with E-state index in [1.165, 1.54) is 108 Å². The number of likely N-dealkylation sites (N-methyl/N-ethyl adjacent to an activating group) is 1. The molecule has 0 aliphatic carbocycles. The van der Waals surface area contributed by atoms with Crippen molar-refractivity contribution in [2.45, 2.75) is 185 Å². The van der Waals surface area contributed by atoms with Crippen LogP contribution < -0.4 is 5.73 Å². The topological polar surface area (TPSA) is 175 Å². The van der Waals surface area contributed by atoms with Crippen LogP contribution in [-0.4, -0.2) is 108 Å². The highest BCUT2D eigenvalue weighted by atomic mass is 32.2. The molecule has 0 saturated carbocycles. The Bertz CT molecular complexity index is 1320. The molecule has 0 bridgehead atoms. The van der Waals surface area contributed by atoms with Gasteiger partial charge in [0, 0.05) is 17.4 Å². The van der Waals surface area contributed by atoms with Crippen LogP contribution >= 0.6 is 19.6 Å². The molecule has 0 amide bonds. The first-order valence-corrected chi connectivity index (χ1v) is 26.6. The number of thioether (sulfide) groups is 1. The van der Waals surface area contributed by atoms with Gasteiger partial charge in [0.2, 0.25) is 0 Å². The van der Waals surface area contributed by atoms with Gasteiger partial charge in [-0.15, -0.1) is 11.8 Å². The molecular formula is C49H90N2O10PS+. The fourth-order valence-electron chi connectivity index (χ4n) is 6.24. The van der Waals surface area contributed by atoms with Crippen LogP contribution in [-0.2, 0) is 32.7 Å². The average molecular weight is 930 g/mol. The largest absolute Gasteiger partial charge is 0.498 e. The van der Waals surface area contributed by atoms with Crippen molar-refractivity contribution in [3.8, 4) is 0 Å². The van der Waals surface area contributed by atoms with E-state index in [0.29, 0.717) is 17.4 Å². The number of carbonyl (C=O) groups is 2. The van der Waals surface area contributed by atoms with Gasteiger partial charge in [-0.1, -0.05) is 159 Å². The number of nitrogens with two attached hydrogens (primary N) is 1. The van der Waals surface area contributed by atoms with Crippen molar-refractivity contribution in [3.63, 3.8) is 0 Å². The lowest BCUT2D eigenvalue weighted by Gasteiger charge is -2.25. The first-order chi connectivity index (χ1) is 30.2. The van der Waals surface area contributed by atoms with Gasteiger partial charge in [-0.2, -0.15) is 0 Å². The molecule has 63 heavy (non-hydrogen) atoms. The zero-order valence-electron chi connectivity index (χ0n) is 40.0. The number of unbranched alkanes of at least 4 members (excludes halogenated alkanes) is 17. The first-order valence-electron chi connectivity index (χ1n) is 24.0. The van der Waals surface area contributed by atoms with Crippen LogP contribution in [0.25, 0.3) is 0 Å². The molecule has 0 radical (unpaired) electrons. The summed E-state index contributed by atoms with van der Waals surface area (Å²) in [4.78, 5) is 34.6. The molecule has 366 valence electrons. The number of carbonyl (C=O) groups excluding carboxylic acids is 1. The Labute approximate surface area is 387 Å². The molecule has 0 aliphatic rings. The van der Waals surface area contributed by atoms with E-state index < -0.39 is 49.9 Å². The van der Waals surface area contributed by atoms with Gasteiger partial charge in [0.15, 0.2) is 6.10 Å². The number of aliphatic hydroxyl groups excluding tert-OH is 1. The van der Waals surface area contributed by atoms with Crippen molar-refractivity contribution in [1.82, 2.24) is 0 Å². The van der Waals surface area contributed by atoms with Crippen LogP contribution in [0.15, 0.2) is 60.9 Å². The van der Waals surface area contributed by atoms with Gasteiger partial charge < -0.3 is 34.8 Å². The summed E-state index contributed by atoms with van der Waals surface area (Å²) >= 11 is 1.25. The quantitative estimate of drug-likeness (QED) is 0.00867. The summed E-state index contributed by atoms with van der Waals surface area (Å²) in [6, 6.07) is -1.11. The second kappa shape index (κ2) is 41.2. The van der Waals surface area contributed by atoms with Crippen LogP contribution in [0.4, 0.5) is 0 Å². The van der Waals surface area contributed by atoms with Gasteiger partial charge in [0.25, 0.3) is 0 Å². The third kappa shape index (κ3) is 42.2. The standard InChI is InChI=1S/C49H89N2O10PS/c1-6-8-10-12-14-16-18-20-21-22-23-25-27-29-31-33-39-58-41-44(42-60-62(56,57)59-40-38-51(3,4)5)61-49(55)45(50)43-63-47(46(52)35-34-37-48(53)54)36-32-30-28-26-24-19-17-15-13-11-9-7-2/h15,17,24,26,28,30,32-33,36,39,44-47,52H,6-14,16,18-23,25,27,29,31,34-35,37-38,40-43,50H2,1-5H3,(H-,53,54,56,57)/p+1/b17-15-,26-24-,30-28+,36-32+,39-33+/t44-,45+,46+,47-/m1/s1. The number of aliphatic hydroxyl groups is 1. The first kappa shape index (κ1) is 60.8. The Morgan fingerprint density at radius 1 is 0.730 bits per heavy atom. The van der Waals surface area contributed by atoms with E-state index in [1.807, 2.05) is 45.4 Å². The van der Waals surface area contributed by atoms with Crippen LogP contribution in [0, 0.1) is 0 Å². The lowest BCUT2D eigenvalue weighted by Crippen LogP contribution is -2.40. The summed E-state index contributed by atoms with van der Waals surface area (Å²) in [6.07, 6.45) is 42.3. The highest BCUT2D eigenvalue weighted by molar-refractivity contribution is 8.00. The Balaban J connectivity index is 5.18. The van der Waals surface area contributed by atoms with E-state index in [4.69, 9.17) is 29.4 Å². The second-order valence-corrected chi connectivity index (χ2v) is 20.1. The number of allylic oxidation sites excluding steroid dienone is 8. The lowest BCUT2D eigenvalue weighted by molar-refractivity contribution is -0.870. The monoisotopic (exact) mass is 930 g/mol. The Morgan fingerprint density at radius 3 is 1.92 bits per heavy atom. The number of nitrogens with zero attached hydrogens (tertiary/aromatic N) is 1. The highest BCUT2D eigenvalue weighted by Crippen LogP contribution is 2.43. The predicted molar refractivity (Wildman–Crippen MR) is 262 cm³/mol. The molecule has 0 aliphatic heterocycles. The summed E-state index contributed by atoms with van der Waals surface area (Å²) < 4.78 is 34.9. The zero-order chi connectivity index (χ0) is 46.9. The van der Waals surface area contributed by atoms with E-state index in [2.05, 4.69) is 32.1 Å². The maximum Gasteiger partial charge on any atom is 0.472 e. The number of quaternary nitrogens is 1. The van der Waals surface area contributed by atoms with Crippen molar-refractivity contribution in [1.29, 1.82) is 0 Å². The normalized spacial score (nSPS) is 15.5. The number of carboxylic acid groups (broad SMARTS) is 1. The average Bonchev–Trinajstić information content (AvgIpc) is 3.22. The molecule has 1 unspecified atom stereocenters. The minimum Gasteiger partial charge on any atom is -0.498 e. The fraction of sp³-hybridized carbons (Fsp3) is 0.755. The Kier molecular flexibility index (Phi) is 39.8. The van der Waals surface area contributed by atoms with Gasteiger partial charge in [0.05, 0.1) is 40.1 Å². The number of ether oxygens (including phenoxy) is 2. The van der Waals surface area contributed by atoms with Crippen LogP contribution in [0.5, 0.6) is 0 Å². The van der Waals surface area contributed by atoms with Gasteiger partial charge >= 0.3 is 19.8 Å². The Hall–Kier alpha value is -2.22. The van der Waals surface area contributed by atoms with Crippen LogP contribution in [0.3, 0.4) is 0 Å². The van der Waals surface area contributed by atoms with E-state index in [1.54, 1.807) is 18.4 Å². The van der Waals surface area contributed by atoms with E-state index >= 15 is 0 Å². The molecule has 0 aromatic heterocycles. The van der Waals surface area contributed by atoms with Crippen LogP contribution in [0.2, 0.25) is 0 Å². The van der Waals surface area contributed by atoms with Crippen LogP contribution in [0.1, 0.15) is 162 Å². The number of phosphoric acid groups is 1.